The predicted molar refractivity (Wildman–Crippen MR) is 128 cm³/mol. The van der Waals surface area contributed by atoms with Gasteiger partial charge in [0.25, 0.3) is 0 Å². The normalized spacial score (nSPS) is 16.7. The Morgan fingerprint density at radius 1 is 0.839 bits per heavy atom. The molecule has 2 aromatic rings. The number of unbranched alkanes of at least 4 members (excludes halogenated alkanes) is 1. The Kier molecular flexibility index (Phi) is 11.8. The zero-order valence-corrected chi connectivity index (χ0v) is 23.0. The Bertz CT molecular complexity index is 733. The fourth-order valence-corrected chi connectivity index (χ4v) is 5.47. The largest absolute Gasteiger partial charge is 0.493 e. The van der Waals surface area contributed by atoms with Gasteiger partial charge >= 0.3 is 0 Å². The first kappa shape index (κ1) is 26.6. The van der Waals surface area contributed by atoms with Gasteiger partial charge in [-0.25, -0.2) is 0 Å². The third-order valence-electron chi connectivity index (χ3n) is 7.13. The predicted octanol–water partition coefficient (Wildman–Crippen LogP) is 7.22. The Balaban J connectivity index is 0.00000341. The third-order valence-corrected chi connectivity index (χ3v) is 7.13. The van der Waals surface area contributed by atoms with E-state index in [1.54, 1.807) is 0 Å². The van der Waals surface area contributed by atoms with E-state index >= 15 is 0 Å². The molecule has 167 valence electrons. The molecule has 2 nitrogen and oxygen atoms in total. The van der Waals surface area contributed by atoms with Crippen LogP contribution in [0.1, 0.15) is 75.0 Å². The number of hydrogen-bond acceptors (Lipinski definition) is 1. The molecule has 1 heterocycles. The van der Waals surface area contributed by atoms with E-state index in [-0.39, 0.29) is 32.7 Å². The van der Waals surface area contributed by atoms with E-state index < -0.39 is 0 Å². The Morgan fingerprint density at radius 3 is 2.10 bits per heavy atom. The number of para-hydroxylation sites is 1. The van der Waals surface area contributed by atoms with E-state index in [9.17, 15) is 0 Å². The quantitative estimate of drug-likeness (QED) is 0.249. The second-order valence-electron chi connectivity index (χ2n) is 9.35. The van der Waals surface area contributed by atoms with Crippen molar-refractivity contribution in [3.63, 3.8) is 0 Å². The standard InChI is InChI=1S/C28H42NO.Y/c1-4-27(19-10-13-22-30-28-24(2)15-14-16-25(28)3)29(20-11-5-6-12-21-29)23-26-17-8-7-9-18-26;/h7-9,14-18,27H,4-6,10-13,19-23H2,1-3H3;/q+1;. The van der Waals surface area contributed by atoms with E-state index in [4.69, 9.17) is 4.74 Å². The van der Waals surface area contributed by atoms with Crippen LogP contribution in [0.15, 0.2) is 48.5 Å². The zero-order valence-electron chi connectivity index (χ0n) is 20.1. The summed E-state index contributed by atoms with van der Waals surface area (Å²) >= 11 is 0. The summed E-state index contributed by atoms with van der Waals surface area (Å²) in [6, 6.07) is 18.4. The summed E-state index contributed by atoms with van der Waals surface area (Å²) in [5.41, 5.74) is 4.01. The van der Waals surface area contributed by atoms with Crippen LogP contribution in [0.2, 0.25) is 0 Å². The number of quaternary nitrogens is 1. The van der Waals surface area contributed by atoms with Crippen molar-refractivity contribution in [3.8, 4) is 5.75 Å². The van der Waals surface area contributed by atoms with Crippen LogP contribution in [0.5, 0.6) is 5.75 Å². The van der Waals surface area contributed by atoms with Crippen LogP contribution in [0.4, 0.5) is 0 Å². The van der Waals surface area contributed by atoms with E-state index in [1.165, 1.54) is 85.8 Å². The van der Waals surface area contributed by atoms with Crippen LogP contribution >= 0.6 is 0 Å². The molecule has 0 bridgehead atoms. The van der Waals surface area contributed by atoms with Crippen LogP contribution in [-0.4, -0.2) is 30.2 Å². The molecule has 1 saturated heterocycles. The summed E-state index contributed by atoms with van der Waals surface area (Å²) < 4.78 is 7.47. The van der Waals surface area contributed by atoms with Crippen LogP contribution in [0, 0.1) is 13.8 Å². The van der Waals surface area contributed by atoms with Gasteiger partial charge < -0.3 is 9.22 Å². The first-order valence-corrected chi connectivity index (χ1v) is 12.2. The van der Waals surface area contributed by atoms with Crippen molar-refractivity contribution < 1.29 is 41.9 Å². The molecular formula is C28H42NOY+. The summed E-state index contributed by atoms with van der Waals surface area (Å²) in [6.45, 7) is 11.4. The summed E-state index contributed by atoms with van der Waals surface area (Å²) in [5.74, 6) is 1.09. The molecule has 2 aromatic carbocycles. The Labute approximate surface area is 216 Å². The van der Waals surface area contributed by atoms with Crippen LogP contribution in [-0.2, 0) is 39.3 Å². The molecule has 1 aliphatic heterocycles. The van der Waals surface area contributed by atoms with Gasteiger partial charge in [-0.05, 0) is 76.3 Å². The molecule has 0 N–H and O–H groups in total. The van der Waals surface area contributed by atoms with Gasteiger partial charge in [0, 0.05) is 38.3 Å². The molecule has 1 radical (unpaired) electrons. The summed E-state index contributed by atoms with van der Waals surface area (Å²) in [5, 5.41) is 0. The Morgan fingerprint density at radius 2 is 1.48 bits per heavy atom. The summed E-state index contributed by atoms with van der Waals surface area (Å²) in [4.78, 5) is 0. The minimum Gasteiger partial charge on any atom is -0.493 e. The van der Waals surface area contributed by atoms with Crippen molar-refractivity contribution in [2.75, 3.05) is 19.7 Å². The van der Waals surface area contributed by atoms with Gasteiger partial charge in [0.05, 0.1) is 25.7 Å². The van der Waals surface area contributed by atoms with E-state index in [1.807, 2.05) is 0 Å². The molecule has 0 amide bonds. The number of rotatable bonds is 10. The summed E-state index contributed by atoms with van der Waals surface area (Å²) in [6.07, 6.45) is 10.6. The number of likely N-dealkylation sites (tertiary alicyclic amines) is 1. The first-order chi connectivity index (χ1) is 14.6. The van der Waals surface area contributed by atoms with Gasteiger partial charge in [0.2, 0.25) is 0 Å². The van der Waals surface area contributed by atoms with E-state index in [2.05, 4.69) is 69.3 Å². The maximum Gasteiger partial charge on any atom is 0.125 e. The second-order valence-corrected chi connectivity index (χ2v) is 9.35. The van der Waals surface area contributed by atoms with Crippen LogP contribution < -0.4 is 4.74 Å². The SMILES string of the molecule is CCC(CCCCOc1c(C)cccc1C)[N+]1(Cc2ccccc2)CCCCCC1.[Y]. The topological polar surface area (TPSA) is 9.23 Å². The van der Waals surface area contributed by atoms with Crippen molar-refractivity contribution in [1.29, 1.82) is 0 Å². The van der Waals surface area contributed by atoms with E-state index in [0.29, 0.717) is 0 Å². The molecule has 1 aliphatic rings. The minimum atomic E-state index is 0. The smallest absolute Gasteiger partial charge is 0.125 e. The molecule has 31 heavy (non-hydrogen) atoms. The molecule has 3 heteroatoms. The number of ether oxygens (including phenoxy) is 1. The van der Waals surface area contributed by atoms with Crippen molar-refractivity contribution >= 4 is 0 Å². The van der Waals surface area contributed by atoms with Gasteiger partial charge in [0.1, 0.15) is 12.3 Å². The molecule has 0 aliphatic carbocycles. The van der Waals surface area contributed by atoms with Crippen molar-refractivity contribution in [1.82, 2.24) is 0 Å². The van der Waals surface area contributed by atoms with Gasteiger partial charge in [-0.15, -0.1) is 0 Å². The number of nitrogens with zero attached hydrogens (tertiary/aromatic N) is 1. The number of benzene rings is 2. The average molecular weight is 498 g/mol. The first-order valence-electron chi connectivity index (χ1n) is 12.2. The van der Waals surface area contributed by atoms with Gasteiger partial charge in [-0.3, -0.25) is 0 Å². The number of hydrogen-bond donors (Lipinski definition) is 0. The summed E-state index contributed by atoms with van der Waals surface area (Å²) in [7, 11) is 0. The molecule has 0 aromatic heterocycles. The fraction of sp³-hybridized carbons (Fsp3) is 0.571. The zero-order chi connectivity index (χ0) is 21.2. The van der Waals surface area contributed by atoms with Gasteiger partial charge in [0.15, 0.2) is 0 Å². The molecular weight excluding hydrogens is 455 g/mol. The van der Waals surface area contributed by atoms with Crippen molar-refractivity contribution in [3.05, 3.63) is 65.2 Å². The molecule has 3 rings (SSSR count). The maximum absolute atomic E-state index is 6.16. The molecule has 1 fully saturated rings. The molecule has 0 saturated carbocycles. The fourth-order valence-electron chi connectivity index (χ4n) is 5.47. The molecule has 1 atom stereocenters. The maximum atomic E-state index is 6.16. The Hall–Kier alpha value is -0.696. The monoisotopic (exact) mass is 497 g/mol. The minimum absolute atomic E-state index is 0. The third kappa shape index (κ3) is 7.69. The van der Waals surface area contributed by atoms with Crippen LogP contribution in [0.3, 0.4) is 0 Å². The molecule has 0 spiro atoms. The second kappa shape index (κ2) is 13.8. The number of aryl methyl sites for hydroxylation is 2. The van der Waals surface area contributed by atoms with E-state index in [0.717, 1.165) is 24.8 Å². The van der Waals surface area contributed by atoms with Gasteiger partial charge in [-0.1, -0.05) is 55.5 Å². The van der Waals surface area contributed by atoms with Gasteiger partial charge in [-0.2, -0.15) is 0 Å². The average Bonchev–Trinajstić information content (AvgIpc) is 2.99. The van der Waals surface area contributed by atoms with Crippen molar-refractivity contribution in [2.45, 2.75) is 84.7 Å². The van der Waals surface area contributed by atoms with Crippen molar-refractivity contribution in [2.24, 2.45) is 0 Å². The van der Waals surface area contributed by atoms with Crippen LogP contribution in [0.25, 0.3) is 0 Å². The molecule has 1 unspecified atom stereocenters.